The third-order valence-electron chi connectivity index (χ3n) is 7.10. The third kappa shape index (κ3) is 4.12. The first-order valence-corrected chi connectivity index (χ1v) is 14.5. The van der Waals surface area contributed by atoms with Crippen molar-refractivity contribution in [2.45, 2.75) is 43.9 Å². The van der Waals surface area contributed by atoms with Gasteiger partial charge in [-0.2, -0.15) is 14.1 Å². The number of hydrogen-bond acceptors (Lipinski definition) is 6. The van der Waals surface area contributed by atoms with Crippen molar-refractivity contribution in [3.63, 3.8) is 0 Å². The molecule has 0 bridgehead atoms. The Morgan fingerprint density at radius 1 is 1.06 bits per heavy atom. The van der Waals surface area contributed by atoms with Gasteiger partial charge in [-0.1, -0.05) is 41.2 Å². The van der Waals surface area contributed by atoms with Crippen molar-refractivity contribution in [2.24, 2.45) is 5.92 Å². The average Bonchev–Trinajstić information content (AvgIpc) is 3.60. The van der Waals surface area contributed by atoms with Gasteiger partial charge in [0, 0.05) is 24.6 Å². The number of para-hydroxylation sites is 1. The summed E-state index contributed by atoms with van der Waals surface area (Å²) in [6, 6.07) is 14.9. The molecule has 36 heavy (non-hydrogen) atoms. The van der Waals surface area contributed by atoms with Gasteiger partial charge in [-0.15, -0.1) is 0 Å². The molecule has 6 rings (SSSR count). The molecule has 10 heteroatoms. The van der Waals surface area contributed by atoms with Gasteiger partial charge >= 0.3 is 0 Å². The van der Waals surface area contributed by atoms with Gasteiger partial charge in [0.05, 0.1) is 20.8 Å². The number of piperidine rings is 1. The zero-order chi connectivity index (χ0) is 24.9. The normalized spacial score (nSPS) is 16.9. The van der Waals surface area contributed by atoms with Gasteiger partial charge in [0.1, 0.15) is 5.82 Å². The Balaban J connectivity index is 1.20. The molecule has 186 valence electrons. The Kier molecular flexibility index (Phi) is 5.89. The van der Waals surface area contributed by atoms with E-state index in [-0.39, 0.29) is 11.8 Å². The summed E-state index contributed by atoms with van der Waals surface area (Å²) in [6.07, 6.45) is 3.76. The maximum Gasteiger partial charge on any atom is 0.243 e. The van der Waals surface area contributed by atoms with Gasteiger partial charge in [-0.3, -0.25) is 4.79 Å². The second-order valence-corrected chi connectivity index (χ2v) is 12.4. The SMILES string of the molecule is Cc1ccc(S(=O)(=O)N2CCC(C(=O)Nc3c4c(nn3-c3nc5ccccc5s3)CCC4)CC2)cc1. The number of fused-ring (bicyclic) bond motifs is 2. The second kappa shape index (κ2) is 9.10. The monoisotopic (exact) mass is 521 g/mol. The largest absolute Gasteiger partial charge is 0.310 e. The van der Waals surface area contributed by atoms with E-state index in [9.17, 15) is 13.2 Å². The molecule has 0 saturated carbocycles. The van der Waals surface area contributed by atoms with E-state index in [1.54, 1.807) is 40.3 Å². The summed E-state index contributed by atoms with van der Waals surface area (Å²) in [4.78, 5) is 18.4. The van der Waals surface area contributed by atoms with Crippen molar-refractivity contribution in [3.05, 3.63) is 65.4 Å². The minimum Gasteiger partial charge on any atom is -0.310 e. The van der Waals surface area contributed by atoms with Crippen LogP contribution in [0, 0.1) is 12.8 Å². The highest BCUT2D eigenvalue weighted by molar-refractivity contribution is 7.89. The maximum absolute atomic E-state index is 13.3. The lowest BCUT2D eigenvalue weighted by Crippen LogP contribution is -2.41. The maximum atomic E-state index is 13.3. The van der Waals surface area contributed by atoms with E-state index in [1.165, 1.54) is 4.31 Å². The van der Waals surface area contributed by atoms with Gasteiger partial charge in [0.15, 0.2) is 0 Å². The van der Waals surface area contributed by atoms with Crippen LogP contribution >= 0.6 is 11.3 Å². The van der Waals surface area contributed by atoms with Crippen LogP contribution < -0.4 is 5.32 Å². The van der Waals surface area contributed by atoms with E-state index in [2.05, 4.69) is 5.32 Å². The minimum atomic E-state index is -3.56. The highest BCUT2D eigenvalue weighted by Crippen LogP contribution is 2.34. The van der Waals surface area contributed by atoms with Gasteiger partial charge in [0.25, 0.3) is 0 Å². The molecule has 4 aromatic rings. The van der Waals surface area contributed by atoms with Crippen LogP contribution in [0.5, 0.6) is 0 Å². The molecule has 3 heterocycles. The van der Waals surface area contributed by atoms with E-state index >= 15 is 0 Å². The summed E-state index contributed by atoms with van der Waals surface area (Å²) < 4.78 is 30.4. The van der Waals surface area contributed by atoms with Crippen LogP contribution in [0.3, 0.4) is 0 Å². The first-order chi connectivity index (χ1) is 17.4. The molecule has 1 aliphatic heterocycles. The smallest absolute Gasteiger partial charge is 0.243 e. The molecule has 1 amide bonds. The number of amides is 1. The first-order valence-electron chi connectivity index (χ1n) is 12.2. The van der Waals surface area contributed by atoms with E-state index in [0.717, 1.165) is 51.4 Å². The fourth-order valence-electron chi connectivity index (χ4n) is 5.05. The Labute approximate surface area is 214 Å². The number of carbonyl (C=O) groups excluding carboxylic acids is 1. The number of aryl methyl sites for hydroxylation is 2. The quantitative estimate of drug-likeness (QED) is 0.422. The molecule has 0 radical (unpaired) electrons. The molecule has 1 saturated heterocycles. The molecule has 2 aliphatic rings. The number of thiazole rings is 1. The van der Waals surface area contributed by atoms with Gasteiger partial charge in [0.2, 0.25) is 21.1 Å². The van der Waals surface area contributed by atoms with Crippen LogP contribution in [-0.4, -0.2) is 46.5 Å². The Hall–Kier alpha value is -3.08. The number of carbonyl (C=O) groups is 1. The highest BCUT2D eigenvalue weighted by Gasteiger charge is 2.33. The van der Waals surface area contributed by atoms with Crippen molar-refractivity contribution >= 4 is 43.3 Å². The van der Waals surface area contributed by atoms with Gasteiger partial charge in [-0.05, 0) is 63.3 Å². The molecular formula is C26H27N5O3S2. The Bertz CT molecular complexity index is 1520. The number of hydrogen-bond donors (Lipinski definition) is 1. The molecule has 1 N–H and O–H groups in total. The summed E-state index contributed by atoms with van der Waals surface area (Å²) in [6.45, 7) is 2.58. The standard InChI is InChI=1S/C26H27N5O3S2/c1-17-9-11-19(12-10-17)36(33,34)30-15-13-18(14-16-30)25(32)28-24-20-5-4-7-21(20)29-31(24)26-27-22-6-2-3-8-23(22)35-26/h2-3,6,8-12,18H,4-5,7,13-16H2,1H3,(H,28,32). The average molecular weight is 522 g/mol. The van der Waals surface area contributed by atoms with Crippen molar-refractivity contribution in [1.82, 2.24) is 19.1 Å². The molecule has 2 aromatic carbocycles. The zero-order valence-corrected chi connectivity index (χ0v) is 21.6. The summed E-state index contributed by atoms with van der Waals surface area (Å²) in [7, 11) is -3.56. The van der Waals surface area contributed by atoms with Crippen LogP contribution in [0.25, 0.3) is 15.3 Å². The fraction of sp³-hybridized carbons (Fsp3) is 0.346. The van der Waals surface area contributed by atoms with Crippen molar-refractivity contribution in [3.8, 4) is 5.13 Å². The van der Waals surface area contributed by atoms with Gasteiger partial charge in [-0.25, -0.2) is 13.4 Å². The molecule has 1 aliphatic carbocycles. The Morgan fingerprint density at radius 2 is 1.81 bits per heavy atom. The fourth-order valence-corrected chi connectivity index (χ4v) is 7.44. The van der Waals surface area contributed by atoms with E-state index in [1.807, 2.05) is 31.2 Å². The van der Waals surface area contributed by atoms with Crippen LogP contribution in [0.2, 0.25) is 0 Å². The van der Waals surface area contributed by atoms with Crippen molar-refractivity contribution < 1.29 is 13.2 Å². The lowest BCUT2D eigenvalue weighted by Gasteiger charge is -2.30. The molecule has 8 nitrogen and oxygen atoms in total. The Morgan fingerprint density at radius 3 is 2.56 bits per heavy atom. The summed E-state index contributed by atoms with van der Waals surface area (Å²) in [5.74, 6) is 0.367. The number of aromatic nitrogens is 3. The predicted octanol–water partition coefficient (Wildman–Crippen LogP) is 4.32. The van der Waals surface area contributed by atoms with Crippen LogP contribution in [-0.2, 0) is 27.7 Å². The first kappa shape index (κ1) is 23.3. The van der Waals surface area contributed by atoms with Crippen LogP contribution in [0.15, 0.2) is 53.4 Å². The predicted molar refractivity (Wildman–Crippen MR) is 140 cm³/mol. The topological polar surface area (TPSA) is 97.2 Å². The molecule has 2 aromatic heterocycles. The summed E-state index contributed by atoms with van der Waals surface area (Å²) in [5, 5.41) is 8.69. The van der Waals surface area contributed by atoms with Crippen molar-refractivity contribution in [1.29, 1.82) is 0 Å². The summed E-state index contributed by atoms with van der Waals surface area (Å²) >= 11 is 1.55. The lowest BCUT2D eigenvalue weighted by atomic mass is 9.97. The highest BCUT2D eigenvalue weighted by atomic mass is 32.2. The van der Waals surface area contributed by atoms with E-state index in [0.29, 0.717) is 36.6 Å². The minimum absolute atomic E-state index is 0.0839. The summed E-state index contributed by atoms with van der Waals surface area (Å²) in [5.41, 5.74) is 4.03. The van der Waals surface area contributed by atoms with Crippen molar-refractivity contribution in [2.75, 3.05) is 18.4 Å². The van der Waals surface area contributed by atoms with Crippen LogP contribution in [0.1, 0.15) is 36.1 Å². The van der Waals surface area contributed by atoms with E-state index in [4.69, 9.17) is 10.1 Å². The molecule has 0 unspecified atom stereocenters. The molecule has 1 fully saturated rings. The molecular weight excluding hydrogens is 494 g/mol. The number of nitrogens with zero attached hydrogens (tertiary/aromatic N) is 4. The second-order valence-electron chi connectivity index (χ2n) is 9.48. The van der Waals surface area contributed by atoms with Gasteiger partial charge < -0.3 is 5.32 Å². The van der Waals surface area contributed by atoms with E-state index < -0.39 is 10.0 Å². The molecule has 0 spiro atoms. The molecule has 0 atom stereocenters. The number of rotatable bonds is 5. The number of nitrogens with one attached hydrogen (secondary N) is 1. The number of benzene rings is 2. The third-order valence-corrected chi connectivity index (χ3v) is 10.0. The lowest BCUT2D eigenvalue weighted by molar-refractivity contribution is -0.121. The van der Waals surface area contributed by atoms with Crippen LogP contribution in [0.4, 0.5) is 5.82 Å². The zero-order valence-electron chi connectivity index (χ0n) is 20.0. The number of sulfonamides is 1. The number of anilines is 1.